The first-order valence-electron chi connectivity index (χ1n) is 15.4. The maximum atomic E-state index is 14.0. The Hall–Kier alpha value is -4.81. The fourth-order valence-electron chi connectivity index (χ4n) is 6.19. The van der Waals surface area contributed by atoms with Crippen LogP contribution in [0.3, 0.4) is 0 Å². The molecule has 8 nitrogen and oxygen atoms in total. The number of hydrogen-bond donors (Lipinski definition) is 0. The molecule has 0 amide bonds. The minimum atomic E-state index is -4.03. The summed E-state index contributed by atoms with van der Waals surface area (Å²) in [7, 11) is -2.61. The Bertz CT molecular complexity index is 1760. The number of esters is 1. The number of hydrogen-bond acceptors (Lipinski definition) is 7. The molecule has 236 valence electrons. The van der Waals surface area contributed by atoms with Gasteiger partial charge in [-0.05, 0) is 73.1 Å². The van der Waals surface area contributed by atoms with Gasteiger partial charge in [-0.1, -0.05) is 79.7 Å². The number of Topliss-reactive ketones (excluding diaryl/α,β-unsaturated/α-hetero) is 1. The van der Waals surface area contributed by atoms with Crippen molar-refractivity contribution in [3.8, 4) is 6.07 Å². The zero-order chi connectivity index (χ0) is 32.7. The van der Waals surface area contributed by atoms with Crippen molar-refractivity contribution in [3.63, 3.8) is 0 Å². The van der Waals surface area contributed by atoms with Gasteiger partial charge in [-0.2, -0.15) is 13.7 Å². The Morgan fingerprint density at radius 2 is 1.57 bits per heavy atom. The second kappa shape index (κ2) is 14.1. The molecule has 1 aliphatic rings. The van der Waals surface area contributed by atoms with Gasteiger partial charge in [0.05, 0.1) is 11.3 Å². The summed E-state index contributed by atoms with van der Waals surface area (Å²) in [5, 5.41) is 8.84. The van der Waals surface area contributed by atoms with Crippen molar-refractivity contribution in [2.45, 2.75) is 62.0 Å². The van der Waals surface area contributed by atoms with Gasteiger partial charge in [0.2, 0.25) is 0 Å². The number of pyridine rings is 1. The first-order chi connectivity index (χ1) is 22.2. The number of anilines is 1. The molecule has 2 heterocycles. The zero-order valence-corrected chi connectivity index (χ0v) is 26.8. The van der Waals surface area contributed by atoms with Gasteiger partial charge in [0, 0.05) is 25.6 Å². The maximum absolute atomic E-state index is 14.0. The second-order valence-corrected chi connectivity index (χ2v) is 13.7. The molecule has 0 N–H and O–H groups in total. The molecular formula is C37H37N3O5S. The molecule has 1 aliphatic heterocycles. The summed E-state index contributed by atoms with van der Waals surface area (Å²) in [5.74, 6) is -2.18. The third kappa shape index (κ3) is 7.19. The number of nitriles is 1. The number of sulfonamides is 1. The highest BCUT2D eigenvalue weighted by Crippen LogP contribution is 2.41. The van der Waals surface area contributed by atoms with E-state index in [0.717, 1.165) is 15.4 Å². The Morgan fingerprint density at radius 3 is 2.09 bits per heavy atom. The molecule has 5 rings (SSSR count). The smallest absolute Gasteiger partial charge is 0.317 e. The average molecular weight is 636 g/mol. The van der Waals surface area contributed by atoms with Crippen LogP contribution in [0.15, 0.2) is 108 Å². The van der Waals surface area contributed by atoms with E-state index in [-0.39, 0.29) is 22.8 Å². The summed E-state index contributed by atoms with van der Waals surface area (Å²) in [5.41, 5.74) is 2.60. The van der Waals surface area contributed by atoms with Crippen molar-refractivity contribution in [1.29, 1.82) is 5.26 Å². The summed E-state index contributed by atoms with van der Waals surface area (Å²) in [4.78, 5) is 31.8. The quantitative estimate of drug-likeness (QED) is 0.130. The summed E-state index contributed by atoms with van der Waals surface area (Å²) >= 11 is 0. The first kappa shape index (κ1) is 32.6. The summed E-state index contributed by atoms with van der Waals surface area (Å²) in [6, 6.07) is 31.5. The van der Waals surface area contributed by atoms with Gasteiger partial charge in [0.1, 0.15) is 17.6 Å². The summed E-state index contributed by atoms with van der Waals surface area (Å²) < 4.78 is 34.1. The van der Waals surface area contributed by atoms with Gasteiger partial charge < -0.3 is 4.74 Å². The third-order valence-electron chi connectivity index (χ3n) is 8.83. The van der Waals surface area contributed by atoms with Crippen molar-refractivity contribution in [1.82, 2.24) is 4.98 Å². The van der Waals surface area contributed by atoms with Gasteiger partial charge in [0.25, 0.3) is 10.0 Å². The number of ketones is 1. The number of aryl methyl sites for hydroxylation is 2. The van der Waals surface area contributed by atoms with E-state index >= 15 is 0 Å². The largest absolute Gasteiger partial charge is 0.458 e. The van der Waals surface area contributed by atoms with E-state index in [4.69, 9.17) is 10.00 Å². The van der Waals surface area contributed by atoms with E-state index in [2.05, 4.69) is 4.98 Å². The van der Waals surface area contributed by atoms with Crippen LogP contribution in [0.2, 0.25) is 0 Å². The number of nitrogens with zero attached hydrogens (tertiary/aromatic N) is 3. The van der Waals surface area contributed by atoms with Crippen LogP contribution >= 0.6 is 0 Å². The van der Waals surface area contributed by atoms with E-state index in [0.29, 0.717) is 43.4 Å². The van der Waals surface area contributed by atoms with Crippen LogP contribution < -0.4 is 4.31 Å². The molecule has 1 aromatic heterocycles. The fraction of sp³-hybridized carbons (Fsp3) is 0.297. The molecule has 0 saturated carbocycles. The van der Waals surface area contributed by atoms with Crippen molar-refractivity contribution in [2.24, 2.45) is 5.92 Å². The standard InChI is InChI=1S/C37H37N3O5S/c1-3-32(30-15-10-16-31(23-30)40(2)46(43,44)34-18-17-29(25-38)26-39-34)35-33(41)24-37(45-36(35)42,21-19-27-11-6-4-7-12-27)22-20-28-13-8-5-9-14-28/h4-18,23,26,32,35H,3,19-22,24H2,1-2H3. The highest BCUT2D eigenvalue weighted by atomic mass is 32.2. The van der Waals surface area contributed by atoms with Crippen LogP contribution in [-0.4, -0.2) is 37.8 Å². The Labute approximate surface area is 270 Å². The topological polar surface area (TPSA) is 117 Å². The lowest BCUT2D eigenvalue weighted by Gasteiger charge is -2.41. The maximum Gasteiger partial charge on any atom is 0.317 e. The van der Waals surface area contributed by atoms with Crippen LogP contribution in [0, 0.1) is 17.2 Å². The minimum absolute atomic E-state index is 0.123. The summed E-state index contributed by atoms with van der Waals surface area (Å²) in [6.07, 6.45) is 4.23. The van der Waals surface area contributed by atoms with Gasteiger partial charge in [-0.25, -0.2) is 4.98 Å². The predicted molar refractivity (Wildman–Crippen MR) is 175 cm³/mol. The van der Waals surface area contributed by atoms with E-state index < -0.39 is 33.4 Å². The molecule has 1 saturated heterocycles. The van der Waals surface area contributed by atoms with E-state index in [9.17, 15) is 18.0 Å². The van der Waals surface area contributed by atoms with Crippen LogP contribution in [0.5, 0.6) is 0 Å². The second-order valence-electron chi connectivity index (χ2n) is 11.8. The summed E-state index contributed by atoms with van der Waals surface area (Å²) in [6.45, 7) is 1.91. The average Bonchev–Trinajstić information content (AvgIpc) is 3.09. The number of cyclic esters (lactones) is 1. The molecular weight excluding hydrogens is 598 g/mol. The SMILES string of the molecule is CCC(c1cccc(N(C)S(=O)(=O)c2ccc(C#N)cn2)c1)C1C(=O)CC(CCc2ccccc2)(CCc2ccccc2)OC1=O. The lowest BCUT2D eigenvalue weighted by Crippen LogP contribution is -2.49. The molecule has 0 spiro atoms. The molecule has 2 unspecified atom stereocenters. The third-order valence-corrected chi connectivity index (χ3v) is 10.5. The van der Waals surface area contributed by atoms with E-state index in [1.807, 2.05) is 79.7 Å². The van der Waals surface area contributed by atoms with Crippen molar-refractivity contribution in [3.05, 3.63) is 126 Å². The van der Waals surface area contributed by atoms with E-state index in [1.54, 1.807) is 18.2 Å². The van der Waals surface area contributed by atoms with Crippen LogP contribution in [0.1, 0.15) is 60.8 Å². The Balaban J connectivity index is 1.38. The number of carbonyl (C=O) groups excluding carboxylic acids is 2. The molecule has 9 heteroatoms. The van der Waals surface area contributed by atoms with E-state index in [1.165, 1.54) is 25.4 Å². The molecule has 46 heavy (non-hydrogen) atoms. The van der Waals surface area contributed by atoms with Crippen LogP contribution in [-0.2, 0) is 37.2 Å². The van der Waals surface area contributed by atoms with Gasteiger partial charge in [0.15, 0.2) is 10.8 Å². The monoisotopic (exact) mass is 635 g/mol. The number of aromatic nitrogens is 1. The molecule has 0 radical (unpaired) electrons. The Morgan fingerprint density at radius 1 is 0.935 bits per heavy atom. The highest BCUT2D eigenvalue weighted by Gasteiger charge is 2.49. The minimum Gasteiger partial charge on any atom is -0.458 e. The molecule has 3 aromatic carbocycles. The van der Waals surface area contributed by atoms with Crippen molar-refractivity contribution < 1.29 is 22.7 Å². The molecule has 0 bridgehead atoms. The van der Waals surface area contributed by atoms with Crippen LogP contribution in [0.4, 0.5) is 5.69 Å². The Kier molecular flexibility index (Phi) is 9.98. The number of ether oxygens (including phenoxy) is 1. The lowest BCUT2D eigenvalue weighted by molar-refractivity contribution is -0.180. The fourth-order valence-corrected chi connectivity index (χ4v) is 7.29. The van der Waals surface area contributed by atoms with Crippen LogP contribution in [0.25, 0.3) is 0 Å². The number of rotatable bonds is 12. The predicted octanol–water partition coefficient (Wildman–Crippen LogP) is 6.41. The highest BCUT2D eigenvalue weighted by molar-refractivity contribution is 7.92. The molecule has 0 aliphatic carbocycles. The molecule has 4 aromatic rings. The number of carbonyl (C=O) groups is 2. The lowest BCUT2D eigenvalue weighted by atomic mass is 9.73. The normalized spacial score (nSPS) is 16.7. The van der Waals surface area contributed by atoms with Crippen molar-refractivity contribution >= 4 is 27.5 Å². The zero-order valence-electron chi connectivity index (χ0n) is 26.0. The van der Waals surface area contributed by atoms with Crippen molar-refractivity contribution in [2.75, 3.05) is 11.4 Å². The molecule has 1 fully saturated rings. The molecule has 2 atom stereocenters. The van der Waals surface area contributed by atoms with Gasteiger partial charge in [-0.3, -0.25) is 13.9 Å². The van der Waals surface area contributed by atoms with Gasteiger partial charge >= 0.3 is 5.97 Å². The first-order valence-corrected chi connectivity index (χ1v) is 16.9. The number of benzene rings is 3. The van der Waals surface area contributed by atoms with Gasteiger partial charge in [-0.15, -0.1) is 0 Å².